The summed E-state index contributed by atoms with van der Waals surface area (Å²) in [5.74, 6) is -0.237. The number of carbonyl (C=O) groups is 1. The van der Waals surface area contributed by atoms with E-state index in [0.717, 1.165) is 34.4 Å². The summed E-state index contributed by atoms with van der Waals surface area (Å²) in [5.41, 5.74) is 5.40. The second kappa shape index (κ2) is 8.33. The molecular formula is C23H24N6O2S. The average Bonchev–Trinajstić information content (AvgIpc) is 3.25. The van der Waals surface area contributed by atoms with Crippen LogP contribution >= 0.6 is 11.3 Å². The van der Waals surface area contributed by atoms with E-state index in [4.69, 9.17) is 4.74 Å². The summed E-state index contributed by atoms with van der Waals surface area (Å²) in [6.45, 7) is 6.08. The maximum absolute atomic E-state index is 13.2. The van der Waals surface area contributed by atoms with Crippen LogP contribution in [0.3, 0.4) is 0 Å². The Hall–Kier alpha value is -3.30. The summed E-state index contributed by atoms with van der Waals surface area (Å²) in [6, 6.07) is 10.5. The zero-order chi connectivity index (χ0) is 22.2. The molecule has 3 heterocycles. The van der Waals surface area contributed by atoms with E-state index in [1.807, 2.05) is 30.3 Å². The fourth-order valence-electron chi connectivity index (χ4n) is 4.30. The number of anilines is 2. The van der Waals surface area contributed by atoms with Crippen molar-refractivity contribution in [3.8, 4) is 6.01 Å². The molecule has 5 rings (SSSR count). The third kappa shape index (κ3) is 3.85. The van der Waals surface area contributed by atoms with Crippen LogP contribution in [-0.4, -0.2) is 53.1 Å². The molecule has 2 N–H and O–H groups in total. The van der Waals surface area contributed by atoms with Gasteiger partial charge in [0, 0.05) is 48.1 Å². The lowest BCUT2D eigenvalue weighted by molar-refractivity contribution is 0.102. The molecule has 4 aromatic rings. The molecule has 0 saturated carbocycles. The number of ether oxygens (including phenoxy) is 1. The summed E-state index contributed by atoms with van der Waals surface area (Å²) in [4.78, 5) is 28.7. The number of piperazine rings is 1. The first-order chi connectivity index (χ1) is 15.5. The van der Waals surface area contributed by atoms with Gasteiger partial charge in [0.05, 0.1) is 33.9 Å². The number of nitrogens with zero attached hydrogens (tertiary/aromatic N) is 4. The van der Waals surface area contributed by atoms with Crippen LogP contribution in [0.25, 0.3) is 21.1 Å². The van der Waals surface area contributed by atoms with Crippen molar-refractivity contribution in [2.45, 2.75) is 25.9 Å². The predicted molar refractivity (Wildman–Crippen MR) is 128 cm³/mol. The first kappa shape index (κ1) is 20.6. The first-order valence-electron chi connectivity index (χ1n) is 10.5. The first-order valence-corrected chi connectivity index (χ1v) is 11.4. The van der Waals surface area contributed by atoms with Gasteiger partial charge in [0.2, 0.25) is 0 Å². The van der Waals surface area contributed by atoms with Gasteiger partial charge in [-0.25, -0.2) is 9.97 Å². The molecule has 1 aliphatic rings. The van der Waals surface area contributed by atoms with E-state index in [1.165, 1.54) is 7.11 Å². The van der Waals surface area contributed by atoms with Crippen molar-refractivity contribution in [1.29, 1.82) is 0 Å². The smallest absolute Gasteiger partial charge is 0.316 e. The molecule has 1 saturated heterocycles. The molecule has 9 heteroatoms. The van der Waals surface area contributed by atoms with E-state index < -0.39 is 0 Å². The Morgan fingerprint density at radius 2 is 2.00 bits per heavy atom. The fourth-order valence-corrected chi connectivity index (χ4v) is 4.96. The van der Waals surface area contributed by atoms with Gasteiger partial charge in [-0.15, -0.1) is 11.3 Å². The Labute approximate surface area is 189 Å². The second-order valence-corrected chi connectivity index (χ2v) is 9.00. The Morgan fingerprint density at radius 1 is 1.19 bits per heavy atom. The summed E-state index contributed by atoms with van der Waals surface area (Å²) in [6.07, 6.45) is 1.74. The van der Waals surface area contributed by atoms with Crippen molar-refractivity contribution in [2.75, 3.05) is 30.4 Å². The highest BCUT2D eigenvalue weighted by atomic mass is 32.1. The summed E-state index contributed by atoms with van der Waals surface area (Å²) < 4.78 is 6.33. The highest BCUT2D eigenvalue weighted by molar-refractivity contribution is 7.16. The van der Waals surface area contributed by atoms with Gasteiger partial charge in [-0.2, -0.15) is 4.98 Å². The van der Waals surface area contributed by atoms with Gasteiger partial charge in [0.1, 0.15) is 0 Å². The Balaban J connectivity index is 1.54. The molecule has 1 fully saturated rings. The van der Waals surface area contributed by atoms with Gasteiger partial charge in [-0.05, 0) is 44.2 Å². The molecule has 0 bridgehead atoms. The Morgan fingerprint density at radius 3 is 2.78 bits per heavy atom. The van der Waals surface area contributed by atoms with Crippen LogP contribution < -0.4 is 20.3 Å². The number of rotatable bonds is 4. The van der Waals surface area contributed by atoms with Crippen molar-refractivity contribution in [2.24, 2.45) is 0 Å². The number of amides is 1. The lowest BCUT2D eigenvalue weighted by Crippen LogP contribution is -2.54. The number of carbonyl (C=O) groups excluding carboxylic acids is 1. The largest absolute Gasteiger partial charge is 0.467 e. The molecule has 8 nitrogen and oxygen atoms in total. The van der Waals surface area contributed by atoms with Crippen molar-refractivity contribution >= 4 is 49.7 Å². The minimum absolute atomic E-state index is 0.231. The highest BCUT2D eigenvalue weighted by Crippen LogP contribution is 2.31. The fraction of sp³-hybridized carbons (Fsp3) is 0.304. The molecule has 0 radical (unpaired) electrons. The van der Waals surface area contributed by atoms with E-state index in [1.54, 1.807) is 23.0 Å². The minimum Gasteiger partial charge on any atom is -0.467 e. The number of aromatic nitrogens is 3. The zero-order valence-corrected chi connectivity index (χ0v) is 18.9. The number of benzene rings is 2. The molecule has 32 heavy (non-hydrogen) atoms. The monoisotopic (exact) mass is 448 g/mol. The molecule has 2 atom stereocenters. The third-order valence-electron chi connectivity index (χ3n) is 5.62. The lowest BCUT2D eigenvalue weighted by atomic mass is 10.0. The second-order valence-electron chi connectivity index (χ2n) is 8.11. The Bertz CT molecular complexity index is 1300. The van der Waals surface area contributed by atoms with Gasteiger partial charge in [0.15, 0.2) is 0 Å². The van der Waals surface area contributed by atoms with Crippen molar-refractivity contribution in [1.82, 2.24) is 20.3 Å². The van der Waals surface area contributed by atoms with Gasteiger partial charge < -0.3 is 20.3 Å². The van der Waals surface area contributed by atoms with E-state index in [2.05, 4.69) is 44.3 Å². The van der Waals surface area contributed by atoms with Crippen LogP contribution in [0.15, 0.2) is 42.0 Å². The minimum atomic E-state index is -0.237. The third-order valence-corrected chi connectivity index (χ3v) is 6.43. The van der Waals surface area contributed by atoms with Gasteiger partial charge >= 0.3 is 6.01 Å². The molecule has 1 aliphatic heterocycles. The van der Waals surface area contributed by atoms with Crippen molar-refractivity contribution in [3.63, 3.8) is 0 Å². The molecule has 1 amide bonds. The van der Waals surface area contributed by atoms with Crippen molar-refractivity contribution < 1.29 is 9.53 Å². The van der Waals surface area contributed by atoms with Gasteiger partial charge in [-0.3, -0.25) is 4.79 Å². The number of fused-ring (bicyclic) bond motifs is 2. The Kier molecular flexibility index (Phi) is 5.36. The van der Waals surface area contributed by atoms with Gasteiger partial charge in [0.25, 0.3) is 5.91 Å². The predicted octanol–water partition coefficient (Wildman–Crippen LogP) is 3.69. The number of methoxy groups -OCH3 is 1. The number of thiazole rings is 1. The summed E-state index contributed by atoms with van der Waals surface area (Å²) >= 11 is 1.57. The van der Waals surface area contributed by atoms with Crippen LogP contribution in [0, 0.1) is 0 Å². The van der Waals surface area contributed by atoms with Crippen LogP contribution in [0.5, 0.6) is 6.01 Å². The molecule has 0 spiro atoms. The summed E-state index contributed by atoms with van der Waals surface area (Å²) in [5, 5.41) is 7.36. The van der Waals surface area contributed by atoms with Crippen molar-refractivity contribution in [3.05, 3.63) is 47.6 Å². The lowest BCUT2D eigenvalue weighted by Gasteiger charge is -2.38. The molecule has 2 unspecified atom stereocenters. The number of hydrogen-bond donors (Lipinski definition) is 2. The molecule has 2 aromatic carbocycles. The maximum Gasteiger partial charge on any atom is 0.316 e. The molecule has 2 aromatic heterocycles. The quantitative estimate of drug-likeness (QED) is 0.492. The SMILES string of the molecule is COc1ncc2c(N3CC(C)NC(C)C3)ccc(C(=O)Nc3ccc4scnc4c3)c2n1. The summed E-state index contributed by atoms with van der Waals surface area (Å²) in [7, 11) is 1.52. The topological polar surface area (TPSA) is 92.3 Å². The van der Waals surface area contributed by atoms with Crippen LogP contribution in [0.4, 0.5) is 11.4 Å². The average molecular weight is 449 g/mol. The van der Waals surface area contributed by atoms with Crippen LogP contribution in [-0.2, 0) is 0 Å². The highest BCUT2D eigenvalue weighted by Gasteiger charge is 2.24. The van der Waals surface area contributed by atoms with E-state index in [-0.39, 0.29) is 11.9 Å². The van der Waals surface area contributed by atoms with E-state index in [9.17, 15) is 4.79 Å². The van der Waals surface area contributed by atoms with Crippen LogP contribution in [0.1, 0.15) is 24.2 Å². The maximum atomic E-state index is 13.2. The number of nitrogens with one attached hydrogen (secondary N) is 2. The molecule has 164 valence electrons. The zero-order valence-electron chi connectivity index (χ0n) is 18.1. The normalized spacial score (nSPS) is 18.8. The van der Waals surface area contributed by atoms with Gasteiger partial charge in [-0.1, -0.05) is 0 Å². The van der Waals surface area contributed by atoms with E-state index >= 15 is 0 Å². The van der Waals surface area contributed by atoms with E-state index in [0.29, 0.717) is 28.9 Å². The number of hydrogen-bond acceptors (Lipinski definition) is 8. The molecule has 0 aliphatic carbocycles. The molecular weight excluding hydrogens is 424 g/mol. The van der Waals surface area contributed by atoms with Crippen LogP contribution in [0.2, 0.25) is 0 Å². The standard InChI is InChI=1S/C23H24N6O2S/c1-13-10-29(11-14(2)26-13)19-6-5-16(21-17(19)9-24-23(28-21)31-3)22(30)27-15-4-7-20-18(8-15)25-12-32-20/h4-9,12-14,26H,10-11H2,1-3H3,(H,27,30).